The van der Waals surface area contributed by atoms with Crippen molar-refractivity contribution >= 4 is 18.0 Å². The molecule has 0 aliphatic heterocycles. The van der Waals surface area contributed by atoms with Crippen molar-refractivity contribution in [2.45, 2.75) is 45.1 Å². The summed E-state index contributed by atoms with van der Waals surface area (Å²) in [6.07, 6.45) is 0.353. The first-order valence-corrected chi connectivity index (χ1v) is 11.0. The monoisotopic (exact) mass is 438 g/mol. The van der Waals surface area contributed by atoms with Crippen LogP contribution in [-0.2, 0) is 14.3 Å². The molecule has 2 aromatic rings. The van der Waals surface area contributed by atoms with E-state index in [2.05, 4.69) is 34.9 Å². The lowest BCUT2D eigenvalue weighted by molar-refractivity contribution is -0.137. The Hall–Kier alpha value is -3.35. The number of benzene rings is 2. The minimum Gasteiger partial charge on any atom is -0.481 e. The van der Waals surface area contributed by atoms with Gasteiger partial charge in [0.25, 0.3) is 0 Å². The van der Waals surface area contributed by atoms with Gasteiger partial charge in [0.2, 0.25) is 5.91 Å². The van der Waals surface area contributed by atoms with Crippen LogP contribution in [0.15, 0.2) is 48.5 Å². The molecular weight excluding hydrogens is 408 g/mol. The van der Waals surface area contributed by atoms with Gasteiger partial charge in [-0.25, -0.2) is 4.79 Å². The van der Waals surface area contributed by atoms with Gasteiger partial charge in [-0.15, -0.1) is 0 Å². The molecule has 2 atom stereocenters. The Morgan fingerprint density at radius 3 is 2.19 bits per heavy atom. The van der Waals surface area contributed by atoms with E-state index in [0.717, 1.165) is 11.1 Å². The maximum absolute atomic E-state index is 12.3. The lowest BCUT2D eigenvalue weighted by atomic mass is 9.98. The first kappa shape index (κ1) is 23.3. The Bertz CT molecular complexity index is 929. The van der Waals surface area contributed by atoms with E-state index in [1.54, 1.807) is 6.92 Å². The Balaban J connectivity index is 1.45. The molecule has 7 heteroatoms. The fraction of sp³-hybridized carbons (Fsp3) is 0.400. The van der Waals surface area contributed by atoms with E-state index in [-0.39, 0.29) is 30.8 Å². The van der Waals surface area contributed by atoms with E-state index < -0.39 is 18.1 Å². The van der Waals surface area contributed by atoms with Crippen molar-refractivity contribution in [1.82, 2.24) is 10.6 Å². The van der Waals surface area contributed by atoms with Gasteiger partial charge in [-0.05, 0) is 35.1 Å². The normalized spacial score (nSPS) is 14.1. The van der Waals surface area contributed by atoms with Crippen molar-refractivity contribution < 1.29 is 24.2 Å². The largest absolute Gasteiger partial charge is 0.481 e. The van der Waals surface area contributed by atoms with Crippen molar-refractivity contribution in [3.05, 3.63) is 59.7 Å². The molecule has 0 fully saturated rings. The van der Waals surface area contributed by atoms with Crippen molar-refractivity contribution in [3.63, 3.8) is 0 Å². The lowest BCUT2D eigenvalue weighted by Crippen LogP contribution is -2.40. The number of rotatable bonds is 10. The van der Waals surface area contributed by atoms with Crippen molar-refractivity contribution in [2.75, 3.05) is 13.2 Å². The first-order valence-electron chi connectivity index (χ1n) is 11.0. The van der Waals surface area contributed by atoms with Gasteiger partial charge >= 0.3 is 12.1 Å². The predicted molar refractivity (Wildman–Crippen MR) is 121 cm³/mol. The zero-order chi connectivity index (χ0) is 23.1. The minimum atomic E-state index is -0.943. The predicted octanol–water partition coefficient (Wildman–Crippen LogP) is 3.92. The smallest absolute Gasteiger partial charge is 0.407 e. The molecule has 1 aliphatic rings. The summed E-state index contributed by atoms with van der Waals surface area (Å²) in [7, 11) is 0. The molecule has 7 nitrogen and oxygen atoms in total. The summed E-state index contributed by atoms with van der Waals surface area (Å²) in [4.78, 5) is 35.3. The number of ether oxygens (including phenoxy) is 1. The standard InChI is InChI=1S/C25H30N2O5/c1-3-17(14-23(28)29)27-24(30)16(2)12-13-26-25(31)32-15-22-20-10-6-4-8-18(20)19-9-5-7-11-21(19)22/h4-11,16-17,22H,3,12-15H2,1-2H3,(H,26,31)(H,27,30)(H,28,29)/t16?,17-/m1/s1. The quantitative estimate of drug-likeness (QED) is 0.521. The molecule has 0 spiro atoms. The fourth-order valence-corrected chi connectivity index (χ4v) is 4.02. The van der Waals surface area contributed by atoms with Gasteiger partial charge in [0.1, 0.15) is 6.61 Å². The minimum absolute atomic E-state index is 0.00179. The average Bonchev–Trinajstić information content (AvgIpc) is 3.10. The SMILES string of the molecule is CC[C@H](CC(=O)O)NC(=O)C(C)CCNC(=O)OCC1c2ccccc2-c2ccccc21. The highest BCUT2D eigenvalue weighted by atomic mass is 16.5. The summed E-state index contributed by atoms with van der Waals surface area (Å²) >= 11 is 0. The number of amides is 2. The van der Waals surface area contributed by atoms with E-state index in [0.29, 0.717) is 19.4 Å². The maximum atomic E-state index is 12.3. The first-order chi connectivity index (χ1) is 15.4. The molecule has 3 rings (SSSR count). The van der Waals surface area contributed by atoms with Crippen molar-refractivity contribution in [3.8, 4) is 11.1 Å². The molecule has 0 radical (unpaired) electrons. The molecule has 2 amide bonds. The highest BCUT2D eigenvalue weighted by Gasteiger charge is 2.29. The van der Waals surface area contributed by atoms with Gasteiger partial charge in [0, 0.05) is 24.4 Å². The molecule has 0 aromatic heterocycles. The topological polar surface area (TPSA) is 105 Å². The van der Waals surface area contributed by atoms with Gasteiger partial charge in [-0.1, -0.05) is 62.4 Å². The van der Waals surface area contributed by atoms with Crippen LogP contribution in [-0.4, -0.2) is 42.3 Å². The second-order valence-electron chi connectivity index (χ2n) is 8.15. The zero-order valence-electron chi connectivity index (χ0n) is 18.5. The van der Waals surface area contributed by atoms with Gasteiger partial charge in [-0.2, -0.15) is 0 Å². The number of alkyl carbamates (subject to hydrolysis) is 1. The van der Waals surface area contributed by atoms with Crippen LogP contribution in [0.5, 0.6) is 0 Å². The van der Waals surface area contributed by atoms with Crippen LogP contribution >= 0.6 is 0 Å². The Kier molecular flexibility index (Phi) is 7.87. The number of nitrogens with one attached hydrogen (secondary N) is 2. The number of carbonyl (C=O) groups excluding carboxylic acids is 2. The summed E-state index contributed by atoms with van der Waals surface area (Å²) in [6, 6.07) is 15.9. The summed E-state index contributed by atoms with van der Waals surface area (Å²) < 4.78 is 5.49. The number of carboxylic acid groups (broad SMARTS) is 1. The number of hydrogen-bond acceptors (Lipinski definition) is 4. The van der Waals surface area contributed by atoms with Crippen LogP contribution in [0.4, 0.5) is 4.79 Å². The fourth-order valence-electron chi connectivity index (χ4n) is 4.02. The van der Waals surface area contributed by atoms with Crippen LogP contribution in [0, 0.1) is 5.92 Å². The second kappa shape index (κ2) is 10.8. The number of carbonyl (C=O) groups is 3. The van der Waals surface area contributed by atoms with E-state index in [4.69, 9.17) is 9.84 Å². The molecule has 170 valence electrons. The number of fused-ring (bicyclic) bond motifs is 3. The molecule has 0 bridgehead atoms. The van der Waals surface area contributed by atoms with E-state index in [1.165, 1.54) is 11.1 Å². The third kappa shape index (κ3) is 5.66. The van der Waals surface area contributed by atoms with Crippen molar-refractivity contribution in [2.24, 2.45) is 5.92 Å². The van der Waals surface area contributed by atoms with Gasteiger partial charge in [0.05, 0.1) is 6.42 Å². The van der Waals surface area contributed by atoms with Crippen molar-refractivity contribution in [1.29, 1.82) is 0 Å². The summed E-state index contributed by atoms with van der Waals surface area (Å²) in [5, 5.41) is 14.4. The number of aliphatic carboxylic acids is 1. The van der Waals surface area contributed by atoms with Crippen LogP contribution in [0.2, 0.25) is 0 Å². The summed E-state index contributed by atoms with van der Waals surface area (Å²) in [5.74, 6) is -1.51. The van der Waals surface area contributed by atoms with Crippen LogP contribution in [0.3, 0.4) is 0 Å². The third-order valence-electron chi connectivity index (χ3n) is 5.90. The Labute approximate surface area is 188 Å². The molecule has 0 saturated heterocycles. The summed E-state index contributed by atoms with van der Waals surface area (Å²) in [5.41, 5.74) is 4.65. The summed E-state index contributed by atoms with van der Waals surface area (Å²) in [6.45, 7) is 4.11. The van der Waals surface area contributed by atoms with Gasteiger partial charge in [0.15, 0.2) is 0 Å². The third-order valence-corrected chi connectivity index (χ3v) is 5.90. The molecule has 0 saturated carbocycles. The molecule has 1 aliphatic carbocycles. The van der Waals surface area contributed by atoms with Crippen LogP contribution in [0.1, 0.15) is 50.2 Å². The highest BCUT2D eigenvalue weighted by molar-refractivity contribution is 5.80. The molecule has 1 unspecified atom stereocenters. The number of carboxylic acids is 1. The second-order valence-corrected chi connectivity index (χ2v) is 8.15. The van der Waals surface area contributed by atoms with Crippen LogP contribution in [0.25, 0.3) is 11.1 Å². The van der Waals surface area contributed by atoms with Gasteiger partial charge in [-0.3, -0.25) is 9.59 Å². The lowest BCUT2D eigenvalue weighted by Gasteiger charge is -2.19. The molecule has 3 N–H and O–H groups in total. The van der Waals surface area contributed by atoms with Gasteiger partial charge < -0.3 is 20.5 Å². The van der Waals surface area contributed by atoms with E-state index in [1.807, 2.05) is 31.2 Å². The molecule has 2 aromatic carbocycles. The molecular formula is C25H30N2O5. The average molecular weight is 439 g/mol. The molecule has 32 heavy (non-hydrogen) atoms. The maximum Gasteiger partial charge on any atom is 0.407 e. The van der Waals surface area contributed by atoms with Crippen LogP contribution < -0.4 is 10.6 Å². The zero-order valence-corrected chi connectivity index (χ0v) is 18.5. The number of hydrogen-bond donors (Lipinski definition) is 3. The Morgan fingerprint density at radius 1 is 1.03 bits per heavy atom. The Morgan fingerprint density at radius 2 is 1.62 bits per heavy atom. The highest BCUT2D eigenvalue weighted by Crippen LogP contribution is 2.44. The molecule has 0 heterocycles. The van der Waals surface area contributed by atoms with E-state index >= 15 is 0 Å². The van der Waals surface area contributed by atoms with E-state index in [9.17, 15) is 14.4 Å².